The molecule has 0 aromatic heterocycles. The Kier molecular flexibility index (Phi) is 14.4. The van der Waals surface area contributed by atoms with Crippen LogP contribution in [0.2, 0.25) is 0 Å². The van der Waals surface area contributed by atoms with Crippen molar-refractivity contribution in [2.45, 2.75) is 66.2 Å². The van der Waals surface area contributed by atoms with Crippen molar-refractivity contribution < 1.29 is 38.6 Å². The predicted octanol–water partition coefficient (Wildman–Crippen LogP) is 3.13. The Morgan fingerprint density at radius 1 is 0.800 bits per heavy atom. The number of allylic oxidation sites excluding steroid dienone is 8. The molecule has 2 aliphatic rings. The zero-order chi connectivity index (χ0) is 13.4. The summed E-state index contributed by atoms with van der Waals surface area (Å²) in [7, 11) is 0. The van der Waals surface area contributed by atoms with Gasteiger partial charge in [-0.25, -0.2) is 0 Å². The maximum atomic E-state index is 2.33. The first-order chi connectivity index (χ1) is 8.65. The van der Waals surface area contributed by atoms with Crippen molar-refractivity contribution >= 4 is 0 Å². The number of hydrogen-bond acceptors (Lipinski definition) is 0. The second-order valence-electron chi connectivity index (χ2n) is 5.45. The molecule has 112 valence electrons. The molecule has 0 amide bonds. The molecule has 0 saturated heterocycles. The molecule has 0 nitrogen and oxygen atoms in total. The number of rotatable bonds is 4. The van der Waals surface area contributed by atoms with Gasteiger partial charge < -0.3 is 12.4 Å². The van der Waals surface area contributed by atoms with E-state index in [9.17, 15) is 0 Å². The van der Waals surface area contributed by atoms with Gasteiger partial charge in [-0.15, -0.1) is 0 Å². The minimum absolute atomic E-state index is 0. The molecule has 0 atom stereocenters. The maximum Gasteiger partial charge on any atom is 0 e. The second kappa shape index (κ2) is 12.8. The molecular weight excluding hydrogens is 343 g/mol. The van der Waals surface area contributed by atoms with Crippen molar-refractivity contribution in [2.75, 3.05) is 0 Å². The van der Waals surface area contributed by atoms with E-state index in [4.69, 9.17) is 0 Å². The van der Waals surface area contributed by atoms with Gasteiger partial charge in [-0.3, -0.25) is 0 Å². The van der Waals surface area contributed by atoms with Gasteiger partial charge in [0.15, 0.2) is 0 Å². The van der Waals surface area contributed by atoms with Crippen molar-refractivity contribution in [1.82, 2.24) is 0 Å². The summed E-state index contributed by atoms with van der Waals surface area (Å²) in [6.07, 6.45) is 16.7. The van der Waals surface area contributed by atoms with Gasteiger partial charge in [0, 0.05) is 26.2 Å². The zero-order valence-electron chi connectivity index (χ0n) is 13.4. The van der Waals surface area contributed by atoms with E-state index >= 15 is 0 Å². The van der Waals surface area contributed by atoms with Gasteiger partial charge in [0.25, 0.3) is 0 Å². The van der Waals surface area contributed by atoms with Gasteiger partial charge in [-0.2, -0.15) is 0 Å². The van der Waals surface area contributed by atoms with Crippen LogP contribution in [0.15, 0.2) is 46.6 Å². The Bertz CT molecular complexity index is 348. The zero-order valence-corrected chi connectivity index (χ0v) is 16.6. The van der Waals surface area contributed by atoms with E-state index < -0.39 is 0 Å². The molecule has 0 radical (unpaired) electrons. The van der Waals surface area contributed by atoms with Gasteiger partial charge in [0.1, 0.15) is 0 Å². The summed E-state index contributed by atoms with van der Waals surface area (Å²) in [5.41, 5.74) is 6.10. The molecule has 0 aromatic carbocycles. The fourth-order valence-electron chi connectivity index (χ4n) is 2.38. The number of halogens is 1. The smallest absolute Gasteiger partial charge is 0 e. The first kappa shape index (κ1) is 22.4. The van der Waals surface area contributed by atoms with Crippen molar-refractivity contribution in [3.05, 3.63) is 46.6 Å². The Morgan fingerprint density at radius 3 is 1.35 bits per heavy atom. The van der Waals surface area contributed by atoms with Crippen LogP contribution in [0, 0.1) is 0 Å². The minimum atomic E-state index is 0. The third-order valence-electron chi connectivity index (χ3n) is 3.31. The molecule has 20 heavy (non-hydrogen) atoms. The van der Waals surface area contributed by atoms with Crippen LogP contribution in [-0.2, 0) is 26.2 Å². The van der Waals surface area contributed by atoms with Crippen molar-refractivity contribution in [3.8, 4) is 0 Å². The average molecular weight is 371 g/mol. The molecular formula is C18H28ClZr-. The standard InChI is InChI=1S/2C9H14.ClH.Zr/c2*1-3-4-9-6-5-8(2)7-9;;/h2*6-7H,3-5H2,1-2H3;1H;/p-1. The van der Waals surface area contributed by atoms with Gasteiger partial charge in [-0.05, 0) is 39.5 Å². The molecule has 2 rings (SSSR count). The minimum Gasteiger partial charge on any atom is -1.00 e. The summed E-state index contributed by atoms with van der Waals surface area (Å²) >= 11 is 0. The summed E-state index contributed by atoms with van der Waals surface area (Å²) < 4.78 is 0. The predicted molar refractivity (Wildman–Crippen MR) is 82.7 cm³/mol. The molecule has 2 aliphatic carbocycles. The van der Waals surface area contributed by atoms with E-state index in [1.54, 1.807) is 0 Å². The van der Waals surface area contributed by atoms with Crippen molar-refractivity contribution in [3.63, 3.8) is 0 Å². The first-order valence-corrected chi connectivity index (χ1v) is 7.38. The third kappa shape index (κ3) is 9.14. The Labute approximate surface area is 151 Å². The van der Waals surface area contributed by atoms with E-state index in [2.05, 4.69) is 52.0 Å². The van der Waals surface area contributed by atoms with Crippen LogP contribution in [0.3, 0.4) is 0 Å². The summed E-state index contributed by atoms with van der Waals surface area (Å²) in [6.45, 7) is 8.84. The third-order valence-corrected chi connectivity index (χ3v) is 3.31. The molecule has 0 fully saturated rings. The van der Waals surface area contributed by atoms with E-state index in [0.717, 1.165) is 0 Å². The quantitative estimate of drug-likeness (QED) is 0.713. The van der Waals surface area contributed by atoms with Crippen LogP contribution in [0.5, 0.6) is 0 Å². The summed E-state index contributed by atoms with van der Waals surface area (Å²) in [6, 6.07) is 0. The topological polar surface area (TPSA) is 0 Å². The second-order valence-corrected chi connectivity index (χ2v) is 5.45. The van der Waals surface area contributed by atoms with E-state index in [0.29, 0.717) is 0 Å². The van der Waals surface area contributed by atoms with Crippen LogP contribution in [0.1, 0.15) is 66.2 Å². The summed E-state index contributed by atoms with van der Waals surface area (Å²) in [4.78, 5) is 0. The molecule has 0 spiro atoms. The van der Waals surface area contributed by atoms with Crippen molar-refractivity contribution in [1.29, 1.82) is 0 Å². The van der Waals surface area contributed by atoms with E-state index in [1.807, 2.05) is 0 Å². The molecule has 0 N–H and O–H groups in total. The van der Waals surface area contributed by atoms with Crippen LogP contribution < -0.4 is 12.4 Å². The average Bonchev–Trinajstić information content (AvgIpc) is 2.90. The Balaban J connectivity index is 0. The SMILES string of the molecule is CCCC1=CCC(C)=C1.CCCC1=CCC(C)=C1.[Cl-].[Zr]. The van der Waals surface area contributed by atoms with Crippen LogP contribution in [0.25, 0.3) is 0 Å². The molecule has 0 saturated carbocycles. The maximum absolute atomic E-state index is 2.33. The largest absolute Gasteiger partial charge is 1.00 e. The summed E-state index contributed by atoms with van der Waals surface area (Å²) in [5, 5.41) is 0. The molecule has 2 heteroatoms. The van der Waals surface area contributed by atoms with Gasteiger partial charge in [0.2, 0.25) is 0 Å². The van der Waals surface area contributed by atoms with Crippen LogP contribution >= 0.6 is 0 Å². The van der Waals surface area contributed by atoms with E-state index in [-0.39, 0.29) is 38.6 Å². The van der Waals surface area contributed by atoms with Gasteiger partial charge >= 0.3 is 0 Å². The Morgan fingerprint density at radius 2 is 1.15 bits per heavy atom. The fourth-order valence-corrected chi connectivity index (χ4v) is 2.38. The monoisotopic (exact) mass is 369 g/mol. The van der Waals surface area contributed by atoms with Crippen LogP contribution in [0.4, 0.5) is 0 Å². The van der Waals surface area contributed by atoms with E-state index in [1.165, 1.54) is 60.8 Å². The molecule has 0 heterocycles. The van der Waals surface area contributed by atoms with Gasteiger partial charge in [-0.1, -0.05) is 73.3 Å². The molecule has 0 bridgehead atoms. The first-order valence-electron chi connectivity index (χ1n) is 7.38. The molecule has 0 aliphatic heterocycles. The normalized spacial score (nSPS) is 15.8. The Hall–Kier alpha value is 0.133. The molecule has 0 aromatic rings. The molecule has 0 unspecified atom stereocenters. The van der Waals surface area contributed by atoms with Gasteiger partial charge in [0.05, 0.1) is 0 Å². The van der Waals surface area contributed by atoms with Crippen molar-refractivity contribution in [2.24, 2.45) is 0 Å². The fraction of sp³-hybridized carbons (Fsp3) is 0.556. The summed E-state index contributed by atoms with van der Waals surface area (Å²) in [5.74, 6) is 0. The van der Waals surface area contributed by atoms with Crippen LogP contribution in [-0.4, -0.2) is 0 Å². The number of hydrogen-bond donors (Lipinski definition) is 0.